The average molecular weight is 337 g/mol. The van der Waals surface area contributed by atoms with Crippen LogP contribution in [0.2, 0.25) is 10.0 Å². The van der Waals surface area contributed by atoms with Crippen LogP contribution >= 0.6 is 23.2 Å². The minimum atomic E-state index is -0.773. The molecule has 0 heterocycles. The Hall–Kier alpha value is -2.04. The van der Waals surface area contributed by atoms with Gasteiger partial charge in [0.15, 0.2) is 0 Å². The van der Waals surface area contributed by atoms with Crippen LogP contribution in [0.5, 0.6) is 0 Å². The molecule has 2 aromatic rings. The molecule has 2 aromatic carbocycles. The van der Waals surface area contributed by atoms with Crippen molar-refractivity contribution >= 4 is 46.4 Å². The number of hydrogen-bond acceptors (Lipinski definition) is 2. The van der Waals surface area contributed by atoms with E-state index in [1.54, 1.807) is 43.3 Å². The van der Waals surface area contributed by atoms with E-state index in [0.29, 0.717) is 27.0 Å². The molecule has 0 bridgehead atoms. The van der Waals surface area contributed by atoms with Crippen LogP contribution in [0.15, 0.2) is 36.4 Å². The van der Waals surface area contributed by atoms with Gasteiger partial charge in [-0.15, -0.1) is 0 Å². The average Bonchev–Trinajstić information content (AvgIpc) is 2.47. The maximum Gasteiger partial charge on any atom is 0.314 e. The molecule has 0 aromatic heterocycles. The first-order chi connectivity index (χ1) is 10.4. The maximum atomic E-state index is 12.0. The number of anilines is 2. The summed E-state index contributed by atoms with van der Waals surface area (Å²) in [6.45, 7) is 3.57. The van der Waals surface area contributed by atoms with Crippen molar-refractivity contribution in [3.05, 3.63) is 57.6 Å². The van der Waals surface area contributed by atoms with Gasteiger partial charge in [-0.25, -0.2) is 0 Å². The molecular formula is C16H14Cl2N2O2. The van der Waals surface area contributed by atoms with Gasteiger partial charge in [-0.2, -0.15) is 0 Å². The largest absolute Gasteiger partial charge is 0.317 e. The summed E-state index contributed by atoms with van der Waals surface area (Å²) in [7, 11) is 0. The number of halogens is 2. The molecule has 2 rings (SSSR count). The van der Waals surface area contributed by atoms with Gasteiger partial charge in [-0.05, 0) is 49.2 Å². The second-order valence-electron chi connectivity index (χ2n) is 4.78. The molecule has 0 saturated heterocycles. The van der Waals surface area contributed by atoms with E-state index in [4.69, 9.17) is 23.2 Å². The van der Waals surface area contributed by atoms with Gasteiger partial charge in [-0.1, -0.05) is 35.3 Å². The second-order valence-corrected chi connectivity index (χ2v) is 5.62. The van der Waals surface area contributed by atoms with Gasteiger partial charge < -0.3 is 10.6 Å². The molecule has 0 atom stereocenters. The highest BCUT2D eigenvalue weighted by atomic mass is 35.5. The molecule has 6 heteroatoms. The Balaban J connectivity index is 2.11. The third-order valence-electron chi connectivity index (χ3n) is 3.17. The van der Waals surface area contributed by atoms with Crippen LogP contribution in [0.4, 0.5) is 11.4 Å². The Morgan fingerprint density at radius 1 is 0.909 bits per heavy atom. The minimum absolute atomic E-state index is 0.479. The van der Waals surface area contributed by atoms with Gasteiger partial charge in [0.2, 0.25) is 0 Å². The number of benzene rings is 2. The van der Waals surface area contributed by atoms with E-state index in [2.05, 4.69) is 10.6 Å². The first-order valence-electron chi connectivity index (χ1n) is 6.52. The first kappa shape index (κ1) is 16.3. The predicted molar refractivity (Wildman–Crippen MR) is 89.6 cm³/mol. The molecule has 114 valence electrons. The van der Waals surface area contributed by atoms with Crippen LogP contribution in [0.25, 0.3) is 0 Å². The fourth-order valence-corrected chi connectivity index (χ4v) is 2.18. The number of hydrogen-bond donors (Lipinski definition) is 2. The Morgan fingerprint density at radius 2 is 1.55 bits per heavy atom. The quantitative estimate of drug-likeness (QED) is 0.808. The highest BCUT2D eigenvalue weighted by Gasteiger charge is 2.16. The van der Waals surface area contributed by atoms with Crippen LogP contribution in [-0.2, 0) is 9.59 Å². The number of amides is 2. The lowest BCUT2D eigenvalue weighted by Gasteiger charge is -2.11. The van der Waals surface area contributed by atoms with E-state index in [9.17, 15) is 9.59 Å². The van der Waals surface area contributed by atoms with Gasteiger partial charge in [0.1, 0.15) is 0 Å². The van der Waals surface area contributed by atoms with Gasteiger partial charge in [0.05, 0.1) is 0 Å². The SMILES string of the molecule is Cc1ccc(Cl)cc1NC(=O)C(=O)Nc1cccc(Cl)c1C. The molecule has 0 spiro atoms. The molecule has 0 aliphatic carbocycles. The Labute approximate surface area is 138 Å². The summed E-state index contributed by atoms with van der Waals surface area (Å²) in [6.07, 6.45) is 0. The van der Waals surface area contributed by atoms with E-state index in [1.807, 2.05) is 6.92 Å². The first-order valence-corrected chi connectivity index (χ1v) is 7.27. The summed E-state index contributed by atoms with van der Waals surface area (Å²) >= 11 is 11.9. The van der Waals surface area contributed by atoms with Gasteiger partial charge >= 0.3 is 11.8 Å². The van der Waals surface area contributed by atoms with Crippen LogP contribution in [-0.4, -0.2) is 11.8 Å². The van der Waals surface area contributed by atoms with Gasteiger partial charge in [0.25, 0.3) is 0 Å². The molecule has 0 fully saturated rings. The van der Waals surface area contributed by atoms with Crippen molar-refractivity contribution in [2.75, 3.05) is 10.6 Å². The topological polar surface area (TPSA) is 58.2 Å². The van der Waals surface area contributed by atoms with Crippen LogP contribution in [0.1, 0.15) is 11.1 Å². The smallest absolute Gasteiger partial charge is 0.314 e. The fourth-order valence-electron chi connectivity index (χ4n) is 1.83. The normalized spacial score (nSPS) is 10.2. The molecule has 4 nitrogen and oxygen atoms in total. The second kappa shape index (κ2) is 6.81. The lowest BCUT2D eigenvalue weighted by atomic mass is 10.2. The van der Waals surface area contributed by atoms with Crippen molar-refractivity contribution in [1.29, 1.82) is 0 Å². The van der Waals surface area contributed by atoms with Gasteiger partial charge in [0, 0.05) is 21.4 Å². The molecule has 0 saturated carbocycles. The molecule has 22 heavy (non-hydrogen) atoms. The van der Waals surface area contributed by atoms with E-state index >= 15 is 0 Å². The summed E-state index contributed by atoms with van der Waals surface area (Å²) in [4.78, 5) is 24.0. The molecule has 0 aliphatic heterocycles. The third kappa shape index (κ3) is 3.78. The van der Waals surface area contributed by atoms with E-state index in [-0.39, 0.29) is 0 Å². The van der Waals surface area contributed by atoms with E-state index < -0.39 is 11.8 Å². The highest BCUT2D eigenvalue weighted by Crippen LogP contribution is 2.23. The number of carbonyl (C=O) groups excluding carboxylic acids is 2. The number of rotatable bonds is 2. The standard InChI is InChI=1S/C16H14Cl2N2O2/c1-9-6-7-11(17)8-14(9)20-16(22)15(21)19-13-5-3-4-12(18)10(13)2/h3-8H,1-2H3,(H,19,21)(H,20,22). The molecule has 2 N–H and O–H groups in total. The summed E-state index contributed by atoms with van der Waals surface area (Å²) in [5.41, 5.74) is 2.50. The summed E-state index contributed by atoms with van der Waals surface area (Å²) in [6, 6.07) is 10.1. The monoisotopic (exact) mass is 336 g/mol. The minimum Gasteiger partial charge on any atom is -0.317 e. The van der Waals surface area contributed by atoms with Crippen LogP contribution in [0, 0.1) is 13.8 Å². The number of aryl methyl sites for hydroxylation is 1. The lowest BCUT2D eigenvalue weighted by molar-refractivity contribution is -0.133. The van der Waals surface area contributed by atoms with Crippen molar-refractivity contribution in [3.8, 4) is 0 Å². The lowest BCUT2D eigenvalue weighted by Crippen LogP contribution is -2.29. The van der Waals surface area contributed by atoms with Gasteiger partial charge in [-0.3, -0.25) is 9.59 Å². The molecule has 0 unspecified atom stereocenters. The Bertz CT molecular complexity index is 731. The zero-order valence-electron chi connectivity index (χ0n) is 12.0. The Kier molecular flexibility index (Phi) is 5.06. The van der Waals surface area contributed by atoms with E-state index in [1.165, 1.54) is 0 Å². The van der Waals surface area contributed by atoms with Crippen molar-refractivity contribution < 1.29 is 9.59 Å². The molecule has 0 aliphatic rings. The van der Waals surface area contributed by atoms with Crippen molar-refractivity contribution in [2.45, 2.75) is 13.8 Å². The number of nitrogens with one attached hydrogen (secondary N) is 2. The highest BCUT2D eigenvalue weighted by molar-refractivity contribution is 6.44. The predicted octanol–water partition coefficient (Wildman–Crippen LogP) is 4.19. The summed E-state index contributed by atoms with van der Waals surface area (Å²) in [5, 5.41) is 6.07. The van der Waals surface area contributed by atoms with Crippen LogP contribution < -0.4 is 10.6 Å². The molecule has 2 amide bonds. The molecular weight excluding hydrogens is 323 g/mol. The van der Waals surface area contributed by atoms with Crippen molar-refractivity contribution in [2.24, 2.45) is 0 Å². The Morgan fingerprint density at radius 3 is 2.23 bits per heavy atom. The third-order valence-corrected chi connectivity index (χ3v) is 3.81. The summed E-state index contributed by atoms with van der Waals surface area (Å²) < 4.78 is 0. The van der Waals surface area contributed by atoms with Crippen molar-refractivity contribution in [3.63, 3.8) is 0 Å². The summed E-state index contributed by atoms with van der Waals surface area (Å²) in [5.74, 6) is -1.55. The maximum absolute atomic E-state index is 12.0. The molecule has 0 radical (unpaired) electrons. The fraction of sp³-hybridized carbons (Fsp3) is 0.125. The van der Waals surface area contributed by atoms with E-state index in [0.717, 1.165) is 5.56 Å². The van der Waals surface area contributed by atoms with Crippen molar-refractivity contribution in [1.82, 2.24) is 0 Å². The van der Waals surface area contributed by atoms with Crippen LogP contribution in [0.3, 0.4) is 0 Å². The zero-order valence-corrected chi connectivity index (χ0v) is 13.5. The zero-order chi connectivity index (χ0) is 16.3. The number of carbonyl (C=O) groups is 2.